The molecule has 3 atom stereocenters. The maximum absolute atomic E-state index is 13.3. The van der Waals surface area contributed by atoms with E-state index < -0.39 is 16.1 Å². The fourth-order valence-electron chi connectivity index (χ4n) is 5.86. The molecule has 40 heavy (non-hydrogen) atoms. The van der Waals surface area contributed by atoms with Crippen molar-refractivity contribution in [2.75, 3.05) is 39.3 Å². The number of nitrogens with zero attached hydrogens (tertiary/aromatic N) is 3. The fourth-order valence-corrected chi connectivity index (χ4v) is 9.54. The van der Waals surface area contributed by atoms with Crippen LogP contribution < -0.4 is 10.5 Å². The highest BCUT2D eigenvalue weighted by molar-refractivity contribution is 7.91. The van der Waals surface area contributed by atoms with Gasteiger partial charge in [-0.25, -0.2) is 8.42 Å². The lowest BCUT2D eigenvalue weighted by molar-refractivity contribution is -0.143. The minimum atomic E-state index is -3.92. The molecule has 2 aromatic rings. The Labute approximate surface area is 247 Å². The van der Waals surface area contributed by atoms with Gasteiger partial charge in [-0.3, -0.25) is 14.4 Å². The molecule has 3 N–H and O–H groups in total. The van der Waals surface area contributed by atoms with Crippen molar-refractivity contribution in [1.82, 2.24) is 19.4 Å². The van der Waals surface area contributed by atoms with Crippen LogP contribution in [0.2, 0.25) is 4.34 Å². The van der Waals surface area contributed by atoms with Crippen molar-refractivity contribution < 1.29 is 22.8 Å². The van der Waals surface area contributed by atoms with Crippen LogP contribution in [0.1, 0.15) is 38.5 Å². The molecule has 3 aliphatic heterocycles. The molecular weight excluding hydrogens is 594 g/mol. The van der Waals surface area contributed by atoms with E-state index in [0.717, 1.165) is 53.3 Å². The lowest BCUT2D eigenvalue weighted by Gasteiger charge is -2.37. The van der Waals surface area contributed by atoms with Crippen LogP contribution in [-0.2, 0) is 24.4 Å². The molecule has 0 aliphatic carbocycles. The number of hydrogen-bond acceptors (Lipinski definition) is 8. The largest absolute Gasteiger partial charge is 0.369 e. The second-order valence-corrected chi connectivity index (χ2v) is 15.4. The van der Waals surface area contributed by atoms with Gasteiger partial charge in [0, 0.05) is 42.0 Å². The molecule has 10 nitrogen and oxygen atoms in total. The van der Waals surface area contributed by atoms with E-state index in [1.165, 1.54) is 22.3 Å². The number of hydrogen-bond donors (Lipinski definition) is 2. The second-order valence-electron chi connectivity index (χ2n) is 10.7. The standard InChI is InChI=1S/C26H34ClN5O5S3/c27-22-9-7-20(38-22)21-8-10-24(39-21)40(36,37)29-19-6-3-12-31(26(19)35)16-23(33)32-13-2-5-18(32)15-30-11-1-4-17(14-30)25(28)34/h7-10,17-19,29H,1-6,11-16H2,(H2,28,34). The van der Waals surface area contributed by atoms with Crippen molar-refractivity contribution >= 4 is 62.0 Å². The van der Waals surface area contributed by atoms with E-state index in [9.17, 15) is 22.8 Å². The van der Waals surface area contributed by atoms with Gasteiger partial charge in [0.2, 0.25) is 17.7 Å². The summed E-state index contributed by atoms with van der Waals surface area (Å²) in [7, 11) is -3.92. The Morgan fingerprint density at radius 3 is 2.48 bits per heavy atom. The Morgan fingerprint density at radius 2 is 1.73 bits per heavy atom. The van der Waals surface area contributed by atoms with E-state index in [-0.39, 0.29) is 40.4 Å². The minimum Gasteiger partial charge on any atom is -0.369 e. The molecule has 0 radical (unpaired) electrons. The fraction of sp³-hybridized carbons (Fsp3) is 0.577. The van der Waals surface area contributed by atoms with Crippen LogP contribution in [0.5, 0.6) is 0 Å². The third-order valence-electron chi connectivity index (χ3n) is 7.89. The third kappa shape index (κ3) is 6.71. The molecule has 3 aliphatic rings. The van der Waals surface area contributed by atoms with E-state index in [0.29, 0.717) is 43.4 Å². The number of carbonyl (C=O) groups excluding carboxylic acids is 3. The van der Waals surface area contributed by atoms with Gasteiger partial charge >= 0.3 is 0 Å². The molecule has 3 amide bonds. The van der Waals surface area contributed by atoms with Crippen molar-refractivity contribution in [3.05, 3.63) is 28.6 Å². The predicted molar refractivity (Wildman–Crippen MR) is 156 cm³/mol. The van der Waals surface area contributed by atoms with Gasteiger partial charge in [0.05, 0.1) is 16.8 Å². The van der Waals surface area contributed by atoms with Gasteiger partial charge in [-0.2, -0.15) is 4.72 Å². The van der Waals surface area contributed by atoms with Gasteiger partial charge < -0.3 is 20.4 Å². The number of carbonyl (C=O) groups is 3. The summed E-state index contributed by atoms with van der Waals surface area (Å²) in [6.07, 6.45) is 4.45. The molecule has 5 rings (SSSR count). The highest BCUT2D eigenvalue weighted by Gasteiger charge is 2.37. The number of halogens is 1. The molecule has 3 saturated heterocycles. The summed E-state index contributed by atoms with van der Waals surface area (Å²) >= 11 is 8.51. The molecule has 14 heteroatoms. The summed E-state index contributed by atoms with van der Waals surface area (Å²) in [6, 6.07) is 5.99. The van der Waals surface area contributed by atoms with Crippen LogP contribution >= 0.6 is 34.3 Å². The smallest absolute Gasteiger partial charge is 0.250 e. The Morgan fingerprint density at radius 1 is 1.00 bits per heavy atom. The highest BCUT2D eigenvalue weighted by Crippen LogP contribution is 2.37. The molecular formula is C26H34ClN5O5S3. The Hall–Kier alpha value is -2.03. The first-order valence-corrected chi connectivity index (χ1v) is 17.1. The first-order chi connectivity index (χ1) is 19.1. The van der Waals surface area contributed by atoms with Gasteiger partial charge in [-0.05, 0) is 69.3 Å². The average Bonchev–Trinajstić information content (AvgIpc) is 3.68. The summed E-state index contributed by atoms with van der Waals surface area (Å²) < 4.78 is 29.6. The number of primary amides is 1. The number of piperidine rings is 2. The second kappa shape index (κ2) is 12.5. The van der Waals surface area contributed by atoms with Crippen molar-refractivity contribution in [3.63, 3.8) is 0 Å². The van der Waals surface area contributed by atoms with E-state index in [1.807, 2.05) is 11.0 Å². The van der Waals surface area contributed by atoms with Crippen LogP contribution in [0.15, 0.2) is 28.5 Å². The monoisotopic (exact) mass is 627 g/mol. The van der Waals surface area contributed by atoms with Gasteiger partial charge in [0.25, 0.3) is 10.0 Å². The van der Waals surface area contributed by atoms with Crippen LogP contribution in [0, 0.1) is 5.92 Å². The van der Waals surface area contributed by atoms with E-state index in [1.54, 1.807) is 12.1 Å². The summed E-state index contributed by atoms with van der Waals surface area (Å²) in [6.45, 7) is 3.15. The molecule has 0 saturated carbocycles. The lowest BCUT2D eigenvalue weighted by atomic mass is 9.97. The van der Waals surface area contributed by atoms with Crippen LogP contribution in [-0.4, -0.2) is 92.2 Å². The number of rotatable bonds is 9. The molecule has 3 fully saturated rings. The van der Waals surface area contributed by atoms with E-state index in [2.05, 4.69) is 9.62 Å². The van der Waals surface area contributed by atoms with Crippen molar-refractivity contribution in [1.29, 1.82) is 0 Å². The topological polar surface area (TPSA) is 133 Å². The highest BCUT2D eigenvalue weighted by atomic mass is 35.5. The van der Waals surface area contributed by atoms with Crippen molar-refractivity contribution in [2.24, 2.45) is 11.7 Å². The van der Waals surface area contributed by atoms with Crippen LogP contribution in [0.4, 0.5) is 0 Å². The van der Waals surface area contributed by atoms with Crippen molar-refractivity contribution in [3.8, 4) is 9.75 Å². The first-order valence-electron chi connectivity index (χ1n) is 13.6. The van der Waals surface area contributed by atoms with Gasteiger partial charge in [0.15, 0.2) is 0 Å². The number of thiophene rings is 2. The zero-order chi connectivity index (χ0) is 28.4. The molecule has 0 bridgehead atoms. The normalized spacial score (nSPS) is 24.5. The number of nitrogens with one attached hydrogen (secondary N) is 1. The molecule has 5 heterocycles. The maximum atomic E-state index is 13.3. The Balaban J connectivity index is 1.18. The quantitative estimate of drug-likeness (QED) is 0.439. The molecule has 0 spiro atoms. The number of nitrogens with two attached hydrogens (primary N) is 1. The summed E-state index contributed by atoms with van der Waals surface area (Å²) in [5.41, 5.74) is 5.52. The van der Waals surface area contributed by atoms with E-state index >= 15 is 0 Å². The van der Waals surface area contributed by atoms with Gasteiger partial charge in [-0.15, -0.1) is 22.7 Å². The first kappa shape index (κ1) is 29.5. The third-order valence-corrected chi connectivity index (χ3v) is 12.4. The minimum absolute atomic E-state index is 0.0274. The SMILES string of the molecule is NC(=O)C1CCCN(CC2CCCN2C(=O)CN2CCCC(NS(=O)(=O)c3ccc(-c4ccc(Cl)s4)s3)C2=O)C1. The van der Waals surface area contributed by atoms with Gasteiger partial charge in [0.1, 0.15) is 10.3 Å². The van der Waals surface area contributed by atoms with Crippen LogP contribution in [0.3, 0.4) is 0 Å². The van der Waals surface area contributed by atoms with Crippen LogP contribution in [0.25, 0.3) is 9.75 Å². The van der Waals surface area contributed by atoms with Gasteiger partial charge in [-0.1, -0.05) is 11.6 Å². The number of amides is 3. The maximum Gasteiger partial charge on any atom is 0.250 e. The molecule has 3 unspecified atom stereocenters. The Bertz CT molecular complexity index is 1360. The summed E-state index contributed by atoms with van der Waals surface area (Å²) in [5.74, 6) is -0.924. The zero-order valence-electron chi connectivity index (χ0n) is 22.1. The molecule has 2 aromatic heterocycles. The molecule has 218 valence electrons. The predicted octanol–water partition coefficient (Wildman–Crippen LogP) is 2.59. The van der Waals surface area contributed by atoms with Crippen molar-refractivity contribution in [2.45, 2.75) is 54.8 Å². The lowest BCUT2D eigenvalue weighted by Crippen LogP contribution is -2.55. The molecule has 0 aromatic carbocycles. The number of sulfonamides is 1. The Kier molecular flexibility index (Phi) is 9.17. The number of likely N-dealkylation sites (tertiary alicyclic amines) is 3. The summed E-state index contributed by atoms with van der Waals surface area (Å²) in [4.78, 5) is 45.5. The average molecular weight is 628 g/mol. The van der Waals surface area contributed by atoms with E-state index in [4.69, 9.17) is 17.3 Å². The summed E-state index contributed by atoms with van der Waals surface area (Å²) in [5, 5.41) is 0. The zero-order valence-corrected chi connectivity index (χ0v) is 25.3.